The molecule has 2 rings (SSSR count). The summed E-state index contributed by atoms with van der Waals surface area (Å²) in [5.74, 6) is 1.50. The van der Waals surface area contributed by atoms with Crippen molar-refractivity contribution < 1.29 is 13.9 Å². The lowest BCUT2D eigenvalue weighted by atomic mass is 10.2. The highest BCUT2D eigenvalue weighted by molar-refractivity contribution is 7.95. The second-order valence-electron chi connectivity index (χ2n) is 3.74. The van der Waals surface area contributed by atoms with Gasteiger partial charge in [-0.05, 0) is 12.5 Å². The highest BCUT2D eigenvalue weighted by Crippen LogP contribution is 2.33. The summed E-state index contributed by atoms with van der Waals surface area (Å²) in [7, 11) is -0.792. The molecule has 0 aliphatic carbocycles. The van der Waals surface area contributed by atoms with E-state index in [-0.39, 0.29) is 11.4 Å². The monoisotopic (exact) mass is 256 g/mol. The van der Waals surface area contributed by atoms with Gasteiger partial charge in [0.2, 0.25) is 0 Å². The van der Waals surface area contributed by atoms with Crippen LogP contribution in [0, 0.1) is 10.1 Å². The van der Waals surface area contributed by atoms with Gasteiger partial charge in [0.25, 0.3) is 5.69 Å². The van der Waals surface area contributed by atoms with Crippen LogP contribution < -0.4 is 4.74 Å². The van der Waals surface area contributed by atoms with Crippen molar-refractivity contribution in [2.24, 2.45) is 4.36 Å². The van der Waals surface area contributed by atoms with E-state index in [1.54, 1.807) is 0 Å². The fourth-order valence-corrected chi connectivity index (χ4v) is 2.99. The van der Waals surface area contributed by atoms with E-state index in [0.29, 0.717) is 17.3 Å². The van der Waals surface area contributed by atoms with Crippen LogP contribution in [0.5, 0.6) is 5.75 Å². The number of hydrogen-bond donors (Lipinski definition) is 0. The molecule has 0 unspecified atom stereocenters. The molecule has 1 aromatic carbocycles. The number of nitro groups is 1. The van der Waals surface area contributed by atoms with Gasteiger partial charge in [-0.1, -0.05) is 0 Å². The summed E-state index contributed by atoms with van der Waals surface area (Å²) in [6.07, 6.45) is 0.861. The van der Waals surface area contributed by atoms with Crippen molar-refractivity contribution >= 4 is 21.1 Å². The molecule has 0 saturated carbocycles. The zero-order valence-electron chi connectivity index (χ0n) is 9.29. The third-order valence-electron chi connectivity index (χ3n) is 2.57. The van der Waals surface area contributed by atoms with Gasteiger partial charge >= 0.3 is 0 Å². The van der Waals surface area contributed by atoms with Crippen LogP contribution in [0.3, 0.4) is 0 Å². The second kappa shape index (κ2) is 4.33. The lowest BCUT2D eigenvalue weighted by Gasteiger charge is -2.17. The molecule has 1 aromatic rings. The van der Waals surface area contributed by atoms with Gasteiger partial charge < -0.3 is 4.74 Å². The summed E-state index contributed by atoms with van der Waals surface area (Å²) in [4.78, 5) is 10.3. The lowest BCUT2D eigenvalue weighted by Crippen LogP contribution is -2.23. The maximum Gasteiger partial charge on any atom is 0.295 e. The molecule has 1 aliphatic rings. The Morgan fingerprint density at radius 3 is 2.65 bits per heavy atom. The SMILES string of the molecule is COc1ccc([N+](=O)[O-])c(N=S2(=O)CCC2)c1. The topological polar surface area (TPSA) is 81.8 Å². The Labute approximate surface area is 98.9 Å². The largest absolute Gasteiger partial charge is 0.497 e. The Kier molecular flexibility index (Phi) is 3.01. The predicted octanol–water partition coefficient (Wildman–Crippen LogP) is 2.11. The molecule has 0 radical (unpaired) electrons. The van der Waals surface area contributed by atoms with Gasteiger partial charge in [0, 0.05) is 23.6 Å². The molecule has 0 bridgehead atoms. The molecule has 1 heterocycles. The van der Waals surface area contributed by atoms with Crippen LogP contribution in [0.25, 0.3) is 0 Å². The number of benzene rings is 1. The standard InChI is InChI=1S/C10H12N2O4S/c1-16-8-3-4-10(12(13)14)9(7-8)11-17(15)5-2-6-17/h3-4,7H,2,5-6H2,1H3. The molecule has 7 heteroatoms. The molecule has 17 heavy (non-hydrogen) atoms. The van der Waals surface area contributed by atoms with Crippen molar-refractivity contribution in [2.75, 3.05) is 18.6 Å². The van der Waals surface area contributed by atoms with E-state index in [1.807, 2.05) is 0 Å². The summed E-state index contributed by atoms with van der Waals surface area (Å²) in [5.41, 5.74) is -0.000486. The molecule has 0 spiro atoms. The van der Waals surface area contributed by atoms with Crippen LogP contribution in [0.2, 0.25) is 0 Å². The average Bonchev–Trinajstić information content (AvgIpc) is 2.26. The van der Waals surface area contributed by atoms with E-state index in [2.05, 4.69) is 4.36 Å². The van der Waals surface area contributed by atoms with Crippen molar-refractivity contribution in [1.82, 2.24) is 0 Å². The molecular formula is C10H12N2O4S. The number of rotatable bonds is 3. The first-order chi connectivity index (χ1) is 8.04. The number of nitrogens with zero attached hydrogens (tertiary/aromatic N) is 2. The van der Waals surface area contributed by atoms with E-state index in [9.17, 15) is 14.3 Å². The van der Waals surface area contributed by atoms with Crippen molar-refractivity contribution in [2.45, 2.75) is 6.42 Å². The average molecular weight is 256 g/mol. The zero-order chi connectivity index (χ0) is 12.5. The molecule has 1 aliphatic heterocycles. The first-order valence-corrected chi connectivity index (χ1v) is 6.94. The van der Waals surface area contributed by atoms with Crippen LogP contribution in [0.1, 0.15) is 6.42 Å². The fourth-order valence-electron chi connectivity index (χ4n) is 1.52. The van der Waals surface area contributed by atoms with Gasteiger partial charge in [-0.25, -0.2) is 4.21 Å². The molecule has 92 valence electrons. The highest BCUT2D eigenvalue weighted by Gasteiger charge is 2.22. The van der Waals surface area contributed by atoms with Crippen LogP contribution in [0.15, 0.2) is 22.6 Å². The third kappa shape index (κ3) is 2.38. The second-order valence-corrected chi connectivity index (χ2v) is 6.28. The van der Waals surface area contributed by atoms with Gasteiger partial charge in [0.15, 0.2) is 5.69 Å². The van der Waals surface area contributed by atoms with Crippen LogP contribution in [-0.4, -0.2) is 27.7 Å². The number of hydrogen-bond acceptors (Lipinski definition) is 5. The quantitative estimate of drug-likeness (QED) is 0.612. The molecular weight excluding hydrogens is 244 g/mol. The Balaban J connectivity index is 2.53. The van der Waals surface area contributed by atoms with E-state index >= 15 is 0 Å². The molecule has 1 saturated heterocycles. The molecule has 1 fully saturated rings. The van der Waals surface area contributed by atoms with Crippen molar-refractivity contribution in [3.05, 3.63) is 28.3 Å². The van der Waals surface area contributed by atoms with Gasteiger partial charge in [-0.2, -0.15) is 4.36 Å². The Morgan fingerprint density at radius 2 is 2.18 bits per heavy atom. The molecule has 0 aromatic heterocycles. The van der Waals surface area contributed by atoms with E-state index < -0.39 is 14.7 Å². The normalized spacial score (nSPS) is 17.0. The summed E-state index contributed by atoms with van der Waals surface area (Å²) >= 11 is 0. The van der Waals surface area contributed by atoms with Crippen molar-refractivity contribution in [3.8, 4) is 5.75 Å². The molecule has 0 amide bonds. The first kappa shape index (κ1) is 11.8. The Hall–Kier alpha value is -1.63. The predicted molar refractivity (Wildman–Crippen MR) is 64.2 cm³/mol. The summed E-state index contributed by atoms with van der Waals surface area (Å²) in [6, 6.07) is 4.26. The minimum absolute atomic E-state index is 0.138. The van der Waals surface area contributed by atoms with Gasteiger partial charge in [-0.3, -0.25) is 10.1 Å². The van der Waals surface area contributed by atoms with Gasteiger partial charge in [-0.15, -0.1) is 0 Å². The minimum Gasteiger partial charge on any atom is -0.497 e. The minimum atomic E-state index is -2.26. The van der Waals surface area contributed by atoms with Crippen molar-refractivity contribution in [3.63, 3.8) is 0 Å². The number of nitro benzene ring substituents is 1. The van der Waals surface area contributed by atoms with Crippen LogP contribution >= 0.6 is 0 Å². The molecule has 0 N–H and O–H groups in total. The van der Waals surface area contributed by atoms with E-state index in [4.69, 9.17) is 4.74 Å². The van der Waals surface area contributed by atoms with Crippen molar-refractivity contribution in [1.29, 1.82) is 0 Å². The lowest BCUT2D eigenvalue weighted by molar-refractivity contribution is -0.384. The van der Waals surface area contributed by atoms with Gasteiger partial charge in [0.05, 0.1) is 21.8 Å². The maximum atomic E-state index is 12.0. The van der Waals surface area contributed by atoms with Gasteiger partial charge in [0.1, 0.15) is 5.75 Å². The summed E-state index contributed by atoms with van der Waals surface area (Å²) < 4.78 is 21.0. The summed E-state index contributed by atoms with van der Waals surface area (Å²) in [5, 5.41) is 10.8. The highest BCUT2D eigenvalue weighted by atomic mass is 32.2. The number of methoxy groups -OCH3 is 1. The van der Waals surface area contributed by atoms with Crippen LogP contribution in [-0.2, 0) is 9.73 Å². The van der Waals surface area contributed by atoms with Crippen LogP contribution in [0.4, 0.5) is 11.4 Å². The first-order valence-electron chi connectivity index (χ1n) is 5.09. The smallest absolute Gasteiger partial charge is 0.295 e. The van der Waals surface area contributed by atoms with E-state index in [0.717, 1.165) is 6.42 Å². The maximum absolute atomic E-state index is 12.0. The molecule has 0 atom stereocenters. The third-order valence-corrected chi connectivity index (χ3v) is 4.95. The van der Waals surface area contributed by atoms with E-state index in [1.165, 1.54) is 25.3 Å². The Bertz CT molecular complexity index is 566. The molecule has 6 nitrogen and oxygen atoms in total. The number of ether oxygens (including phenoxy) is 1. The zero-order valence-corrected chi connectivity index (χ0v) is 10.1. The summed E-state index contributed by atoms with van der Waals surface area (Å²) in [6.45, 7) is 0. The Morgan fingerprint density at radius 1 is 1.47 bits per heavy atom. The fraction of sp³-hybridized carbons (Fsp3) is 0.400.